The van der Waals surface area contributed by atoms with E-state index in [-0.39, 0.29) is 5.15 Å². The van der Waals surface area contributed by atoms with E-state index in [0.717, 1.165) is 0 Å². The van der Waals surface area contributed by atoms with Crippen LogP contribution in [0.15, 0.2) is 12.7 Å². The summed E-state index contributed by atoms with van der Waals surface area (Å²) in [6, 6.07) is 0. The van der Waals surface area contributed by atoms with E-state index in [2.05, 4.69) is 15.0 Å². The van der Waals surface area contributed by atoms with Crippen LogP contribution in [0.2, 0.25) is 5.15 Å². The molecule has 4 rings (SSSR count). The van der Waals surface area contributed by atoms with E-state index in [1.165, 1.54) is 12.7 Å². The third-order valence-corrected chi connectivity index (χ3v) is 6.77. The second-order valence-electron chi connectivity index (χ2n) is 8.01. The zero-order valence-corrected chi connectivity index (χ0v) is 17.3. The molecule has 0 spiro atoms. The van der Waals surface area contributed by atoms with E-state index in [4.69, 9.17) is 37.4 Å². The van der Waals surface area contributed by atoms with Gasteiger partial charge in [0, 0.05) is 0 Å². The topological polar surface area (TPSA) is 88.4 Å². The first-order valence-electron chi connectivity index (χ1n) is 8.46. The minimum absolute atomic E-state index is 0.216. The minimum Gasteiger partial charge on any atom is -0.338 e. The number of fused-ring (bicyclic) bond motifs is 2. The molecule has 2 aromatic heterocycles. The van der Waals surface area contributed by atoms with Gasteiger partial charge < -0.3 is 14.2 Å². The molecule has 2 saturated heterocycles. The lowest BCUT2D eigenvalue weighted by Gasteiger charge is -2.41. The zero-order chi connectivity index (χ0) is 20.0. The van der Waals surface area contributed by atoms with Crippen LogP contribution in [0.5, 0.6) is 0 Å². The molecule has 0 aromatic carbocycles. The van der Waals surface area contributed by atoms with Gasteiger partial charge in [0.2, 0.25) is 0 Å². The number of hydrogen-bond acceptors (Lipinski definition) is 7. The van der Waals surface area contributed by atoms with Crippen molar-refractivity contribution in [1.82, 2.24) is 19.5 Å². The third-order valence-electron chi connectivity index (χ3n) is 6.13. The average Bonchev–Trinajstić information content (AvgIpc) is 3.09. The van der Waals surface area contributed by atoms with Gasteiger partial charge >= 0.3 is 0 Å². The van der Waals surface area contributed by atoms with Crippen LogP contribution in [0.4, 0.5) is 0 Å². The Kier molecular flexibility index (Phi) is 3.65. The van der Waals surface area contributed by atoms with E-state index >= 15 is 0 Å². The number of nitrogens with zero attached hydrogens (tertiary/aromatic N) is 4. The molecule has 0 amide bonds. The number of carbonyl (C=O) groups is 1. The van der Waals surface area contributed by atoms with Crippen molar-refractivity contribution in [3.8, 4) is 0 Å². The standard InChI is InChI=1S/C17H20Cl2N4O4/c1-13(2)25-15(4)14(3,12(19)24)27-17(6,16(15,5)26-13)23-8-22-9-10(18)20-7-21-11(9)23/h7-8H,1-6H3. The molecule has 27 heavy (non-hydrogen) atoms. The predicted molar refractivity (Wildman–Crippen MR) is 97.4 cm³/mol. The Hall–Kier alpha value is -1.32. The second kappa shape index (κ2) is 5.18. The molecule has 0 bridgehead atoms. The van der Waals surface area contributed by atoms with Gasteiger partial charge in [-0.2, -0.15) is 0 Å². The van der Waals surface area contributed by atoms with Crippen molar-refractivity contribution in [3.63, 3.8) is 0 Å². The van der Waals surface area contributed by atoms with Crippen molar-refractivity contribution in [1.29, 1.82) is 0 Å². The Balaban J connectivity index is 2.02. The van der Waals surface area contributed by atoms with Crippen LogP contribution in [0.1, 0.15) is 41.5 Å². The van der Waals surface area contributed by atoms with Crippen LogP contribution < -0.4 is 0 Å². The molecule has 0 saturated carbocycles. The van der Waals surface area contributed by atoms with Crippen LogP contribution in [-0.2, 0) is 24.7 Å². The molecule has 8 nitrogen and oxygen atoms in total. The Morgan fingerprint density at radius 1 is 1.00 bits per heavy atom. The fourth-order valence-electron chi connectivity index (χ4n) is 4.51. The Morgan fingerprint density at radius 3 is 2.26 bits per heavy atom. The lowest BCUT2D eigenvalue weighted by molar-refractivity contribution is -0.264. The molecule has 2 aliphatic heterocycles. The van der Waals surface area contributed by atoms with Crippen molar-refractivity contribution in [3.05, 3.63) is 17.8 Å². The highest BCUT2D eigenvalue weighted by Gasteiger charge is 2.82. The quantitative estimate of drug-likeness (QED) is 0.550. The first-order chi connectivity index (χ1) is 12.3. The van der Waals surface area contributed by atoms with Crippen molar-refractivity contribution < 1.29 is 19.0 Å². The highest BCUT2D eigenvalue weighted by molar-refractivity contribution is 6.65. The molecular formula is C17H20Cl2N4O4. The first-order valence-corrected chi connectivity index (χ1v) is 9.21. The Bertz CT molecular complexity index is 981. The summed E-state index contributed by atoms with van der Waals surface area (Å²) in [6.45, 7) is 10.6. The number of imidazole rings is 1. The van der Waals surface area contributed by atoms with Crippen LogP contribution in [-0.4, -0.2) is 47.4 Å². The van der Waals surface area contributed by atoms with E-state index < -0.39 is 33.6 Å². The first kappa shape index (κ1) is 19.0. The van der Waals surface area contributed by atoms with Crippen molar-refractivity contribution >= 4 is 39.6 Å². The maximum atomic E-state index is 12.5. The number of aromatic nitrogens is 4. The lowest BCUT2D eigenvalue weighted by atomic mass is 9.73. The predicted octanol–water partition coefficient (Wildman–Crippen LogP) is 3.01. The van der Waals surface area contributed by atoms with Crippen LogP contribution in [0.3, 0.4) is 0 Å². The highest BCUT2D eigenvalue weighted by atomic mass is 35.5. The summed E-state index contributed by atoms with van der Waals surface area (Å²) in [6.07, 6.45) is 2.88. The summed E-state index contributed by atoms with van der Waals surface area (Å²) in [7, 11) is 0. The van der Waals surface area contributed by atoms with Crippen molar-refractivity contribution in [2.45, 2.75) is 69.9 Å². The minimum atomic E-state index is -1.49. The molecule has 0 radical (unpaired) electrons. The number of hydrogen-bond donors (Lipinski definition) is 0. The third kappa shape index (κ3) is 2.05. The second-order valence-corrected chi connectivity index (χ2v) is 8.71. The smallest absolute Gasteiger partial charge is 0.256 e. The maximum absolute atomic E-state index is 12.5. The lowest BCUT2D eigenvalue weighted by Crippen LogP contribution is -2.61. The van der Waals surface area contributed by atoms with Crippen LogP contribution in [0.25, 0.3) is 11.2 Å². The van der Waals surface area contributed by atoms with Gasteiger partial charge in [0.1, 0.15) is 23.0 Å². The summed E-state index contributed by atoms with van der Waals surface area (Å²) in [4.78, 5) is 25.0. The van der Waals surface area contributed by atoms with Gasteiger partial charge in [0.15, 0.2) is 27.9 Å². The van der Waals surface area contributed by atoms with Gasteiger partial charge in [-0.3, -0.25) is 9.36 Å². The summed E-state index contributed by atoms with van der Waals surface area (Å²) >= 11 is 12.1. The molecule has 4 unspecified atom stereocenters. The van der Waals surface area contributed by atoms with Crippen molar-refractivity contribution in [2.24, 2.45) is 0 Å². The normalized spacial score (nSPS) is 40.4. The van der Waals surface area contributed by atoms with E-state index in [1.54, 1.807) is 39.2 Å². The molecular weight excluding hydrogens is 395 g/mol. The summed E-state index contributed by atoms with van der Waals surface area (Å²) in [5.41, 5.74) is -4.17. The SMILES string of the molecule is CC1(C)OC2(C)C(C)(C(=O)Cl)OC(C)(n3cnc4c(Cl)ncnc43)C2(C)O1. The summed E-state index contributed by atoms with van der Waals surface area (Å²) in [5, 5.41) is -0.466. The molecule has 10 heteroatoms. The average molecular weight is 415 g/mol. The van der Waals surface area contributed by atoms with Gasteiger partial charge in [-0.05, 0) is 53.1 Å². The fourth-order valence-corrected chi connectivity index (χ4v) is 4.90. The molecule has 146 valence electrons. The molecule has 4 atom stereocenters. The molecule has 4 heterocycles. The van der Waals surface area contributed by atoms with Gasteiger partial charge in [0.25, 0.3) is 5.24 Å². The monoisotopic (exact) mass is 414 g/mol. The van der Waals surface area contributed by atoms with Gasteiger partial charge in [-0.1, -0.05) is 11.6 Å². The van der Waals surface area contributed by atoms with E-state index in [9.17, 15) is 4.79 Å². The Morgan fingerprint density at radius 2 is 1.63 bits per heavy atom. The maximum Gasteiger partial charge on any atom is 0.256 e. The van der Waals surface area contributed by atoms with Gasteiger partial charge in [-0.15, -0.1) is 0 Å². The fraction of sp³-hybridized carbons (Fsp3) is 0.647. The van der Waals surface area contributed by atoms with E-state index in [1.807, 2.05) is 6.92 Å². The Labute approximate surface area is 166 Å². The molecule has 2 aliphatic rings. The van der Waals surface area contributed by atoms with Crippen LogP contribution >= 0.6 is 23.2 Å². The summed E-state index contributed by atoms with van der Waals surface area (Å²) in [5.74, 6) is -0.967. The molecule has 2 fully saturated rings. The highest BCUT2D eigenvalue weighted by Crippen LogP contribution is 2.64. The largest absolute Gasteiger partial charge is 0.338 e. The number of rotatable bonds is 2. The number of ether oxygens (including phenoxy) is 3. The van der Waals surface area contributed by atoms with Crippen LogP contribution in [0, 0.1) is 0 Å². The molecule has 0 aliphatic carbocycles. The van der Waals surface area contributed by atoms with Gasteiger partial charge in [0.05, 0.1) is 6.33 Å². The number of carbonyl (C=O) groups excluding carboxylic acids is 1. The van der Waals surface area contributed by atoms with Gasteiger partial charge in [-0.25, -0.2) is 15.0 Å². The van der Waals surface area contributed by atoms with E-state index in [0.29, 0.717) is 11.2 Å². The zero-order valence-electron chi connectivity index (χ0n) is 15.8. The number of halogens is 2. The molecule has 2 aromatic rings. The summed E-state index contributed by atoms with van der Waals surface area (Å²) < 4.78 is 20.6. The van der Waals surface area contributed by atoms with Crippen molar-refractivity contribution in [2.75, 3.05) is 0 Å². The molecule has 0 N–H and O–H groups in total.